The van der Waals surface area contributed by atoms with Crippen LogP contribution in [0.4, 0.5) is 0 Å². The van der Waals surface area contributed by atoms with Gasteiger partial charge in [0.1, 0.15) is 6.33 Å². The second kappa shape index (κ2) is 5.81. The van der Waals surface area contributed by atoms with Crippen molar-refractivity contribution in [3.8, 4) is 0 Å². The van der Waals surface area contributed by atoms with Crippen molar-refractivity contribution in [3.63, 3.8) is 0 Å². The van der Waals surface area contributed by atoms with Gasteiger partial charge in [0.2, 0.25) is 0 Å². The standard InChI is InChI=1S/C12H16N6/c1-18-9-16-17-11(18)8-15-12(13)14-7-10-5-3-2-4-6-10/h2-6,9H,7-8H2,1H3,(H3,13,14,15). The molecule has 0 aliphatic rings. The number of nitrogens with one attached hydrogen (secondary N) is 1. The van der Waals surface area contributed by atoms with E-state index in [9.17, 15) is 0 Å². The van der Waals surface area contributed by atoms with Gasteiger partial charge in [0.15, 0.2) is 11.8 Å². The molecule has 18 heavy (non-hydrogen) atoms. The van der Waals surface area contributed by atoms with Crippen LogP contribution in [0.25, 0.3) is 0 Å². The maximum Gasteiger partial charge on any atom is 0.189 e. The lowest BCUT2D eigenvalue weighted by molar-refractivity contribution is 0.743. The number of rotatable bonds is 4. The maximum absolute atomic E-state index is 5.77. The zero-order valence-electron chi connectivity index (χ0n) is 10.2. The summed E-state index contributed by atoms with van der Waals surface area (Å²) in [6.45, 7) is 1.08. The third-order valence-corrected chi connectivity index (χ3v) is 2.51. The SMILES string of the molecule is Cn1cnnc1CNC(N)=NCc1ccccc1. The normalized spacial score (nSPS) is 11.5. The van der Waals surface area contributed by atoms with Crippen LogP contribution in [0.3, 0.4) is 0 Å². The minimum atomic E-state index is 0.404. The van der Waals surface area contributed by atoms with Crippen LogP contribution in [0.5, 0.6) is 0 Å². The molecule has 0 amide bonds. The van der Waals surface area contributed by atoms with Gasteiger partial charge in [0.25, 0.3) is 0 Å². The Morgan fingerprint density at radius 3 is 2.83 bits per heavy atom. The fraction of sp³-hybridized carbons (Fsp3) is 0.250. The Morgan fingerprint density at radius 1 is 1.39 bits per heavy atom. The Labute approximate surface area is 106 Å². The van der Waals surface area contributed by atoms with E-state index in [2.05, 4.69) is 20.5 Å². The van der Waals surface area contributed by atoms with Gasteiger partial charge in [-0.25, -0.2) is 4.99 Å². The number of guanidine groups is 1. The lowest BCUT2D eigenvalue weighted by atomic mass is 10.2. The first kappa shape index (κ1) is 12.1. The van der Waals surface area contributed by atoms with Gasteiger partial charge in [-0.15, -0.1) is 10.2 Å². The third-order valence-electron chi connectivity index (χ3n) is 2.51. The van der Waals surface area contributed by atoms with E-state index < -0.39 is 0 Å². The molecule has 0 bridgehead atoms. The average Bonchev–Trinajstić information content (AvgIpc) is 2.81. The number of nitrogens with two attached hydrogens (primary N) is 1. The Kier molecular flexibility index (Phi) is 3.90. The molecule has 0 saturated heterocycles. The van der Waals surface area contributed by atoms with Crippen molar-refractivity contribution < 1.29 is 0 Å². The monoisotopic (exact) mass is 244 g/mol. The van der Waals surface area contributed by atoms with E-state index in [1.54, 1.807) is 6.33 Å². The van der Waals surface area contributed by atoms with Crippen molar-refractivity contribution in [2.75, 3.05) is 0 Å². The second-order valence-electron chi connectivity index (χ2n) is 3.90. The molecule has 1 aromatic heterocycles. The van der Waals surface area contributed by atoms with E-state index in [1.165, 1.54) is 0 Å². The van der Waals surface area contributed by atoms with Crippen LogP contribution in [-0.4, -0.2) is 20.7 Å². The van der Waals surface area contributed by atoms with Crippen molar-refractivity contribution in [1.29, 1.82) is 0 Å². The molecule has 0 spiro atoms. The van der Waals surface area contributed by atoms with E-state index in [4.69, 9.17) is 5.73 Å². The van der Waals surface area contributed by atoms with Gasteiger partial charge in [-0.1, -0.05) is 30.3 Å². The zero-order chi connectivity index (χ0) is 12.8. The summed E-state index contributed by atoms with van der Waals surface area (Å²) in [7, 11) is 1.88. The number of nitrogens with zero attached hydrogens (tertiary/aromatic N) is 4. The smallest absolute Gasteiger partial charge is 0.189 e. The summed E-state index contributed by atoms with van der Waals surface area (Å²) in [4.78, 5) is 4.25. The van der Waals surface area contributed by atoms with Gasteiger partial charge in [-0.3, -0.25) is 0 Å². The Balaban J connectivity index is 1.85. The summed E-state index contributed by atoms with van der Waals surface area (Å²) in [6, 6.07) is 9.96. The first-order chi connectivity index (χ1) is 8.75. The van der Waals surface area contributed by atoms with Crippen LogP contribution in [0.2, 0.25) is 0 Å². The lowest BCUT2D eigenvalue weighted by Crippen LogP contribution is -2.32. The molecule has 0 atom stereocenters. The number of benzene rings is 1. The topological polar surface area (TPSA) is 81.1 Å². The number of aliphatic imine (C=N–C) groups is 1. The maximum atomic E-state index is 5.77. The fourth-order valence-corrected chi connectivity index (χ4v) is 1.45. The van der Waals surface area contributed by atoms with Crippen molar-refractivity contribution in [1.82, 2.24) is 20.1 Å². The molecule has 0 saturated carbocycles. The summed E-state index contributed by atoms with van der Waals surface area (Å²) in [5.41, 5.74) is 6.90. The highest BCUT2D eigenvalue weighted by molar-refractivity contribution is 5.77. The van der Waals surface area contributed by atoms with Gasteiger partial charge in [-0.05, 0) is 5.56 Å². The molecule has 0 aliphatic carbocycles. The molecule has 6 nitrogen and oxygen atoms in total. The second-order valence-corrected chi connectivity index (χ2v) is 3.90. The summed E-state index contributed by atoms with van der Waals surface area (Å²) >= 11 is 0. The Bertz CT molecular complexity index is 516. The number of aryl methyl sites for hydroxylation is 1. The molecule has 0 unspecified atom stereocenters. The van der Waals surface area contributed by atoms with Crippen LogP contribution in [0.1, 0.15) is 11.4 Å². The van der Waals surface area contributed by atoms with Gasteiger partial charge in [0, 0.05) is 7.05 Å². The zero-order valence-corrected chi connectivity index (χ0v) is 10.2. The number of hydrogen-bond acceptors (Lipinski definition) is 3. The fourth-order valence-electron chi connectivity index (χ4n) is 1.45. The van der Waals surface area contributed by atoms with E-state index in [0.29, 0.717) is 19.0 Å². The van der Waals surface area contributed by atoms with Gasteiger partial charge >= 0.3 is 0 Å². The van der Waals surface area contributed by atoms with Gasteiger partial charge in [0.05, 0.1) is 13.1 Å². The molecule has 1 heterocycles. The lowest BCUT2D eigenvalue weighted by Gasteiger charge is -2.04. The molecule has 0 radical (unpaired) electrons. The minimum absolute atomic E-state index is 0.404. The van der Waals surface area contributed by atoms with Crippen LogP contribution in [-0.2, 0) is 20.1 Å². The molecule has 2 rings (SSSR count). The van der Waals surface area contributed by atoms with Gasteiger partial charge < -0.3 is 15.6 Å². The number of aromatic nitrogens is 3. The molecule has 94 valence electrons. The number of hydrogen-bond donors (Lipinski definition) is 2. The summed E-state index contributed by atoms with van der Waals surface area (Å²) in [5.74, 6) is 1.22. The van der Waals surface area contributed by atoms with Crippen molar-refractivity contribution in [2.24, 2.45) is 17.8 Å². The molecular weight excluding hydrogens is 228 g/mol. The first-order valence-electron chi connectivity index (χ1n) is 5.66. The Morgan fingerprint density at radius 2 is 2.17 bits per heavy atom. The molecule has 1 aromatic carbocycles. The molecule has 3 N–H and O–H groups in total. The predicted molar refractivity (Wildman–Crippen MR) is 69.6 cm³/mol. The molecule has 2 aromatic rings. The molecule has 0 aliphatic heterocycles. The minimum Gasteiger partial charge on any atom is -0.370 e. The van der Waals surface area contributed by atoms with Crippen LogP contribution in [0, 0.1) is 0 Å². The van der Waals surface area contributed by atoms with Crippen molar-refractivity contribution in [3.05, 3.63) is 48.0 Å². The largest absolute Gasteiger partial charge is 0.370 e. The molecule has 6 heteroatoms. The predicted octanol–water partition coefficient (Wildman–Crippen LogP) is 0.420. The molecular formula is C12H16N6. The summed E-state index contributed by atoms with van der Waals surface area (Å²) in [5, 5.41) is 10.7. The first-order valence-corrected chi connectivity index (χ1v) is 5.66. The van der Waals surface area contributed by atoms with E-state index >= 15 is 0 Å². The summed E-state index contributed by atoms with van der Waals surface area (Å²) in [6.07, 6.45) is 1.65. The van der Waals surface area contributed by atoms with Crippen LogP contribution < -0.4 is 11.1 Å². The van der Waals surface area contributed by atoms with E-state index in [-0.39, 0.29) is 0 Å². The highest BCUT2D eigenvalue weighted by Crippen LogP contribution is 1.99. The highest BCUT2D eigenvalue weighted by Gasteiger charge is 2.00. The van der Waals surface area contributed by atoms with Gasteiger partial charge in [-0.2, -0.15) is 0 Å². The molecule has 0 fully saturated rings. The highest BCUT2D eigenvalue weighted by atomic mass is 15.3. The van der Waals surface area contributed by atoms with Crippen molar-refractivity contribution in [2.45, 2.75) is 13.1 Å². The van der Waals surface area contributed by atoms with E-state index in [1.807, 2.05) is 41.9 Å². The summed E-state index contributed by atoms with van der Waals surface area (Å²) < 4.78 is 1.83. The third kappa shape index (κ3) is 3.31. The van der Waals surface area contributed by atoms with E-state index in [0.717, 1.165) is 11.4 Å². The van der Waals surface area contributed by atoms with Crippen molar-refractivity contribution >= 4 is 5.96 Å². The van der Waals surface area contributed by atoms with Crippen LogP contribution in [0.15, 0.2) is 41.7 Å². The van der Waals surface area contributed by atoms with Crippen LogP contribution >= 0.6 is 0 Å². The quantitative estimate of drug-likeness (QED) is 0.603. The average molecular weight is 244 g/mol. The Hall–Kier alpha value is -2.37.